The van der Waals surface area contributed by atoms with Gasteiger partial charge in [0.05, 0.1) is 130 Å². The van der Waals surface area contributed by atoms with Crippen LogP contribution in [0, 0.1) is 40.8 Å². The third-order valence-corrected chi connectivity index (χ3v) is 14.2. The number of halogens is 4. The zero-order valence-corrected chi connectivity index (χ0v) is 48.1. The van der Waals surface area contributed by atoms with E-state index in [2.05, 4.69) is 36.9 Å². The number of nitrogens with one attached hydrogen (secondary N) is 5. The number of hydroxylamine groups is 1. The molecule has 4 atom stereocenters. The molecule has 1 fully saturated rings. The number of anilines is 2. The highest BCUT2D eigenvalue weighted by atomic mass is 127. The first kappa shape index (κ1) is 63.6. The predicted molar refractivity (Wildman–Crippen MR) is 299 cm³/mol. The second-order valence-corrected chi connectivity index (χ2v) is 21.1. The monoisotopic (exact) mass is 1250 g/mol. The zero-order valence-electron chi connectivity index (χ0n) is 45.2. The molecule has 436 valence electrons. The highest BCUT2D eigenvalue weighted by Gasteiger charge is 2.44. The lowest BCUT2D eigenvalue weighted by Gasteiger charge is -2.30. The molecule has 0 aliphatic carbocycles. The molecule has 0 saturated carbocycles. The first-order valence-corrected chi connectivity index (χ1v) is 28.3. The lowest BCUT2D eigenvalue weighted by molar-refractivity contribution is -0.141. The summed E-state index contributed by atoms with van der Waals surface area (Å²) in [4.78, 5) is 66.2. The fourth-order valence-corrected chi connectivity index (χ4v) is 9.78. The number of rotatable bonds is 35. The Kier molecular flexibility index (Phi) is 26.5. The van der Waals surface area contributed by atoms with Crippen molar-refractivity contribution in [1.82, 2.24) is 36.5 Å². The molecule has 20 nitrogen and oxygen atoms in total. The van der Waals surface area contributed by atoms with Gasteiger partial charge in [-0.2, -0.15) is 0 Å². The van der Waals surface area contributed by atoms with Crippen molar-refractivity contribution in [3.8, 4) is 10.4 Å². The SMILES string of the molecule is Cc1cc([C@H](C(=O)N2C[C@H](O)C[C@H]2C(=O)N[C@@H](CC(=O)NCCOCCOCCOCCOCCOCCNCCCONC(=O)c2ccc(F)c(F)c2Nc2ccc(I)cc2F)c2ccc(-c3scnc3C)cc2)C(C)C)on1. The van der Waals surface area contributed by atoms with Crippen LogP contribution in [0.2, 0.25) is 0 Å². The lowest BCUT2D eigenvalue weighted by atomic mass is 9.91. The number of amides is 4. The first-order chi connectivity index (χ1) is 38.6. The van der Waals surface area contributed by atoms with E-state index < -0.39 is 59.1 Å². The van der Waals surface area contributed by atoms with Crippen molar-refractivity contribution >= 4 is 68.9 Å². The van der Waals surface area contributed by atoms with Gasteiger partial charge in [-0.15, -0.1) is 11.3 Å². The standard InChI is InChI=1S/C55H70F3IN8O12S/c1-34(2)49(47-28-35(3)65-79-47)55(72)67-32-40(68)30-46(67)54(71)64-45(37-6-8-38(9-7-37)52-36(4)62-33-80-52)31-48(69)61-16-19-74-21-23-76-25-27-77-26-24-75-22-20-73-18-15-60-14-5-17-78-66-53(70)41-11-12-42(56)50(58)51(41)63-44-13-10-39(59)29-43(44)57/h6-13,28-29,33-34,40,45-46,49,60,63,68H,5,14-27,30-32H2,1-4H3,(H,61,69)(H,64,71)(H,66,70)/t40-,45+,46+,49-/m1/s1. The van der Waals surface area contributed by atoms with Gasteiger partial charge in [-0.3, -0.25) is 24.0 Å². The second-order valence-electron chi connectivity index (χ2n) is 19.0. The van der Waals surface area contributed by atoms with E-state index in [0.29, 0.717) is 99.6 Å². The van der Waals surface area contributed by atoms with Gasteiger partial charge >= 0.3 is 0 Å². The van der Waals surface area contributed by atoms with E-state index in [-0.39, 0.29) is 68.1 Å². The zero-order chi connectivity index (χ0) is 57.4. The first-order valence-electron chi connectivity index (χ1n) is 26.3. The van der Waals surface area contributed by atoms with Gasteiger partial charge in [-0.1, -0.05) is 43.3 Å². The number of hydrogen-bond donors (Lipinski definition) is 6. The summed E-state index contributed by atoms with van der Waals surface area (Å²) < 4.78 is 77.0. The third kappa shape index (κ3) is 19.8. The number of likely N-dealkylation sites (tertiary alicyclic amines) is 1. The summed E-state index contributed by atoms with van der Waals surface area (Å²) in [5, 5.41) is 26.2. The summed E-state index contributed by atoms with van der Waals surface area (Å²) in [6.45, 7) is 12.5. The molecule has 3 aromatic carbocycles. The number of thiazole rings is 1. The second kappa shape index (κ2) is 33.3. The number of β-amino-alcohol motifs (C(OH)–C–C–N with tert-alkyl or cyclic N) is 1. The molecule has 2 aromatic heterocycles. The molecule has 5 aromatic rings. The van der Waals surface area contributed by atoms with Crippen LogP contribution < -0.4 is 26.7 Å². The number of benzene rings is 3. The number of aryl methyl sites for hydroxylation is 2. The van der Waals surface area contributed by atoms with E-state index in [1.165, 1.54) is 28.4 Å². The normalized spacial score (nSPS) is 15.1. The molecule has 0 unspecified atom stereocenters. The van der Waals surface area contributed by atoms with Crippen LogP contribution in [0.4, 0.5) is 24.5 Å². The summed E-state index contributed by atoms with van der Waals surface area (Å²) in [6.07, 6.45) is -0.440. The van der Waals surface area contributed by atoms with E-state index >= 15 is 0 Å². The van der Waals surface area contributed by atoms with Gasteiger partial charge in [0.1, 0.15) is 23.5 Å². The summed E-state index contributed by atoms with van der Waals surface area (Å²) in [6, 6.07) is 13.6. The van der Waals surface area contributed by atoms with Crippen molar-refractivity contribution in [3.63, 3.8) is 0 Å². The Morgan fingerprint density at radius 2 is 1.49 bits per heavy atom. The molecule has 0 spiro atoms. The van der Waals surface area contributed by atoms with Gasteiger partial charge in [-0.25, -0.2) is 23.6 Å². The van der Waals surface area contributed by atoms with Gasteiger partial charge in [0.25, 0.3) is 5.91 Å². The Morgan fingerprint density at radius 1 is 0.825 bits per heavy atom. The van der Waals surface area contributed by atoms with Crippen molar-refractivity contribution in [2.75, 3.05) is 104 Å². The number of carbonyl (C=O) groups is 4. The number of ether oxygens (including phenoxy) is 5. The van der Waals surface area contributed by atoms with E-state index in [4.69, 9.17) is 33.0 Å². The number of aliphatic hydroxyl groups excluding tert-OH is 1. The molecular weight excluding hydrogens is 1180 g/mol. The largest absolute Gasteiger partial charge is 0.391 e. The molecule has 3 heterocycles. The number of aromatic nitrogens is 2. The number of carbonyl (C=O) groups excluding carboxylic acids is 4. The van der Waals surface area contributed by atoms with Gasteiger partial charge in [-0.05, 0) is 96.8 Å². The average molecular weight is 1250 g/mol. The van der Waals surface area contributed by atoms with Crippen LogP contribution in [0.15, 0.2) is 70.7 Å². The van der Waals surface area contributed by atoms with Crippen LogP contribution in [0.1, 0.15) is 78.1 Å². The highest BCUT2D eigenvalue weighted by Crippen LogP contribution is 2.33. The minimum Gasteiger partial charge on any atom is -0.391 e. The molecular formula is C55H70F3IN8O12S. The smallest absolute Gasteiger partial charge is 0.277 e. The van der Waals surface area contributed by atoms with E-state index in [1.807, 2.05) is 67.6 Å². The summed E-state index contributed by atoms with van der Waals surface area (Å²) in [7, 11) is 0. The van der Waals surface area contributed by atoms with Crippen molar-refractivity contribution in [2.45, 2.75) is 71.1 Å². The van der Waals surface area contributed by atoms with Crippen LogP contribution >= 0.6 is 33.9 Å². The van der Waals surface area contributed by atoms with Crippen LogP contribution in [-0.4, -0.2) is 155 Å². The summed E-state index contributed by atoms with van der Waals surface area (Å²) in [5.41, 5.74) is 6.24. The molecule has 0 bridgehead atoms. The quantitative estimate of drug-likeness (QED) is 0.0141. The Labute approximate surface area is 480 Å². The fourth-order valence-electron chi connectivity index (χ4n) is 8.52. The lowest BCUT2D eigenvalue weighted by Crippen LogP contribution is -2.49. The van der Waals surface area contributed by atoms with Gasteiger partial charge in [0, 0.05) is 35.7 Å². The Balaban J connectivity index is 0.774. The predicted octanol–water partition coefficient (Wildman–Crippen LogP) is 6.67. The molecule has 1 aliphatic rings. The van der Waals surface area contributed by atoms with E-state index in [0.717, 1.165) is 28.3 Å². The molecule has 80 heavy (non-hydrogen) atoms. The number of nitrogens with zero attached hydrogens (tertiary/aromatic N) is 3. The van der Waals surface area contributed by atoms with Crippen LogP contribution in [0.3, 0.4) is 0 Å². The highest BCUT2D eigenvalue weighted by molar-refractivity contribution is 14.1. The van der Waals surface area contributed by atoms with Gasteiger partial charge < -0.3 is 59.5 Å². The van der Waals surface area contributed by atoms with E-state index in [1.54, 1.807) is 24.6 Å². The van der Waals surface area contributed by atoms with Crippen LogP contribution in [-0.2, 0) is 42.9 Å². The maximum atomic E-state index is 14.6. The van der Waals surface area contributed by atoms with Crippen molar-refractivity contribution in [3.05, 3.63) is 115 Å². The molecule has 25 heteroatoms. The molecule has 4 amide bonds. The Hall–Kier alpha value is -5.62. The molecule has 6 N–H and O–H groups in total. The Bertz CT molecular complexity index is 2760. The molecule has 0 radical (unpaired) electrons. The molecule has 1 aliphatic heterocycles. The van der Waals surface area contributed by atoms with Crippen LogP contribution in [0.5, 0.6) is 0 Å². The Morgan fingerprint density at radius 3 is 2.10 bits per heavy atom. The van der Waals surface area contributed by atoms with Crippen molar-refractivity contribution < 1.29 is 70.5 Å². The summed E-state index contributed by atoms with van der Waals surface area (Å²) >= 11 is 3.43. The maximum Gasteiger partial charge on any atom is 0.277 e. The third-order valence-electron chi connectivity index (χ3n) is 12.6. The topological polar surface area (TPSA) is 246 Å². The van der Waals surface area contributed by atoms with E-state index in [9.17, 15) is 37.5 Å². The van der Waals surface area contributed by atoms with Gasteiger partial charge in [0.2, 0.25) is 17.7 Å². The molecule has 6 rings (SSSR count). The fraction of sp³-hybridized carbons (Fsp3) is 0.491. The van der Waals surface area contributed by atoms with Crippen molar-refractivity contribution in [2.24, 2.45) is 5.92 Å². The number of hydrogen-bond acceptors (Lipinski definition) is 17. The maximum absolute atomic E-state index is 14.6. The minimum atomic E-state index is -1.33. The minimum absolute atomic E-state index is 0.0207. The molecule has 1 saturated heterocycles. The van der Waals surface area contributed by atoms with Gasteiger partial charge in [0.15, 0.2) is 11.6 Å². The summed E-state index contributed by atoms with van der Waals surface area (Å²) in [5.74, 6) is -5.70. The van der Waals surface area contributed by atoms with Crippen LogP contribution in [0.25, 0.3) is 10.4 Å². The van der Waals surface area contributed by atoms with Crippen molar-refractivity contribution in [1.29, 1.82) is 0 Å². The average Bonchev–Trinajstić information content (AvgIpc) is 4.18. The number of aliphatic hydroxyl groups is 1.